The maximum absolute atomic E-state index is 2.52. The quantitative estimate of drug-likeness (QED) is 0.591. The zero-order valence-electron chi connectivity index (χ0n) is 11.1. The molecule has 1 saturated heterocycles. The largest absolute Gasteiger partial charge is 0.306 e. The predicted molar refractivity (Wildman–Crippen MR) is 65.9 cm³/mol. The molecule has 0 aromatic carbocycles. The van der Waals surface area contributed by atoms with E-state index in [1.807, 2.05) is 0 Å². The predicted octanol–water partition coefficient (Wildman–Crippen LogP) is 3.40. The zero-order chi connectivity index (χ0) is 11.3. The highest BCUT2D eigenvalue weighted by Gasteiger charge is 2.52. The van der Waals surface area contributed by atoms with Crippen LogP contribution in [0.5, 0.6) is 0 Å². The Hall–Kier alpha value is -0.0400. The smallest absolute Gasteiger partial charge is 0.00188 e. The maximum Gasteiger partial charge on any atom is -0.00188 e. The summed E-state index contributed by atoms with van der Waals surface area (Å²) < 4.78 is 0. The van der Waals surface area contributed by atoms with Crippen molar-refractivity contribution in [1.82, 2.24) is 4.90 Å². The molecule has 0 bridgehead atoms. The molecule has 2 rings (SSSR count). The van der Waals surface area contributed by atoms with Crippen LogP contribution in [-0.2, 0) is 0 Å². The van der Waals surface area contributed by atoms with Crippen molar-refractivity contribution < 1.29 is 0 Å². The van der Waals surface area contributed by atoms with Gasteiger partial charge in [0, 0.05) is 0 Å². The molecule has 2 aliphatic rings. The summed E-state index contributed by atoms with van der Waals surface area (Å²) in [5.41, 5.74) is 1.14. The molecule has 1 saturated carbocycles. The second-order valence-electron chi connectivity index (χ2n) is 7.25. The number of likely N-dealkylation sites (tertiary alicyclic amines) is 1. The fourth-order valence-corrected chi connectivity index (χ4v) is 4.54. The van der Waals surface area contributed by atoms with Crippen molar-refractivity contribution in [2.24, 2.45) is 22.7 Å². The number of rotatable bonds is 0. The molecule has 1 aliphatic carbocycles. The average Bonchev–Trinajstić information content (AvgIpc) is 2.23. The van der Waals surface area contributed by atoms with Crippen LogP contribution in [0.25, 0.3) is 0 Å². The molecule has 2 fully saturated rings. The number of fused-ring (bicyclic) bond motifs is 1. The van der Waals surface area contributed by atoms with Gasteiger partial charge in [-0.1, -0.05) is 27.7 Å². The first kappa shape index (κ1) is 11.4. The second kappa shape index (κ2) is 3.48. The van der Waals surface area contributed by atoms with Gasteiger partial charge in [0.25, 0.3) is 0 Å². The molecule has 88 valence electrons. The van der Waals surface area contributed by atoms with E-state index in [9.17, 15) is 0 Å². The van der Waals surface area contributed by atoms with Crippen molar-refractivity contribution in [2.75, 3.05) is 20.1 Å². The fraction of sp³-hybridized carbons (Fsp3) is 1.00. The second-order valence-corrected chi connectivity index (χ2v) is 7.25. The van der Waals surface area contributed by atoms with E-state index in [0.29, 0.717) is 10.8 Å². The van der Waals surface area contributed by atoms with Crippen molar-refractivity contribution >= 4 is 0 Å². The molecule has 1 heterocycles. The monoisotopic (exact) mass is 209 g/mol. The fourth-order valence-electron chi connectivity index (χ4n) is 4.54. The van der Waals surface area contributed by atoms with Crippen molar-refractivity contribution in [3.8, 4) is 0 Å². The highest BCUT2D eigenvalue weighted by molar-refractivity contribution is 5.01. The van der Waals surface area contributed by atoms with Crippen LogP contribution >= 0.6 is 0 Å². The first-order valence-electron chi connectivity index (χ1n) is 6.51. The molecule has 0 aromatic heterocycles. The molecule has 0 amide bonds. The van der Waals surface area contributed by atoms with Crippen LogP contribution in [0.1, 0.15) is 47.0 Å². The molecule has 0 aromatic rings. The van der Waals surface area contributed by atoms with Crippen LogP contribution in [0, 0.1) is 22.7 Å². The Morgan fingerprint density at radius 1 is 0.867 bits per heavy atom. The van der Waals surface area contributed by atoms with E-state index in [0.717, 1.165) is 11.8 Å². The van der Waals surface area contributed by atoms with E-state index >= 15 is 0 Å². The number of hydrogen-bond acceptors (Lipinski definition) is 1. The summed E-state index contributed by atoms with van der Waals surface area (Å²) in [4.78, 5) is 2.52. The third-order valence-electron chi connectivity index (χ3n) is 5.05. The maximum atomic E-state index is 2.52. The summed E-state index contributed by atoms with van der Waals surface area (Å²) in [5.74, 6) is 1.91. The van der Waals surface area contributed by atoms with Crippen LogP contribution in [-0.4, -0.2) is 25.0 Å². The minimum atomic E-state index is 0.569. The summed E-state index contributed by atoms with van der Waals surface area (Å²) in [6.45, 7) is 12.6. The lowest BCUT2D eigenvalue weighted by Gasteiger charge is -2.30. The van der Waals surface area contributed by atoms with E-state index in [1.165, 1.54) is 32.4 Å². The van der Waals surface area contributed by atoms with Gasteiger partial charge in [0.05, 0.1) is 0 Å². The summed E-state index contributed by atoms with van der Waals surface area (Å²) in [6.07, 6.45) is 4.24. The van der Waals surface area contributed by atoms with Crippen LogP contribution in [0.4, 0.5) is 0 Å². The molecular formula is C14H27N. The molecule has 1 aliphatic heterocycles. The Morgan fingerprint density at radius 3 is 1.67 bits per heavy atom. The van der Waals surface area contributed by atoms with E-state index in [2.05, 4.69) is 39.6 Å². The molecule has 2 atom stereocenters. The van der Waals surface area contributed by atoms with Crippen molar-refractivity contribution in [1.29, 1.82) is 0 Å². The van der Waals surface area contributed by atoms with Crippen molar-refractivity contribution in [3.63, 3.8) is 0 Å². The first-order chi connectivity index (χ1) is 6.83. The number of hydrogen-bond donors (Lipinski definition) is 0. The first-order valence-corrected chi connectivity index (χ1v) is 6.51. The molecule has 15 heavy (non-hydrogen) atoms. The molecule has 2 unspecified atom stereocenters. The van der Waals surface area contributed by atoms with Crippen LogP contribution in [0.15, 0.2) is 0 Å². The van der Waals surface area contributed by atoms with Gasteiger partial charge in [0.15, 0.2) is 0 Å². The third kappa shape index (κ3) is 1.95. The van der Waals surface area contributed by atoms with Gasteiger partial charge < -0.3 is 4.90 Å². The van der Waals surface area contributed by atoms with Crippen molar-refractivity contribution in [3.05, 3.63) is 0 Å². The van der Waals surface area contributed by atoms with Gasteiger partial charge in [-0.25, -0.2) is 0 Å². The summed E-state index contributed by atoms with van der Waals surface area (Å²) >= 11 is 0. The summed E-state index contributed by atoms with van der Waals surface area (Å²) in [6, 6.07) is 0. The Morgan fingerprint density at radius 2 is 1.27 bits per heavy atom. The summed E-state index contributed by atoms with van der Waals surface area (Å²) in [5, 5.41) is 0. The standard InChI is InChI=1S/C14H27N/c1-13(2)10-14(3,4)12-7-9-15(5)8-6-11(12)13/h11-12H,6-10H2,1-5H3. The van der Waals surface area contributed by atoms with Gasteiger partial charge >= 0.3 is 0 Å². The molecule has 1 heteroatoms. The summed E-state index contributed by atoms with van der Waals surface area (Å²) in [7, 11) is 2.28. The van der Waals surface area contributed by atoms with Gasteiger partial charge in [-0.15, -0.1) is 0 Å². The highest BCUT2D eigenvalue weighted by Crippen LogP contribution is 2.59. The SMILES string of the molecule is CN1CCC2C(CC1)C(C)(C)CC2(C)C. The van der Waals surface area contributed by atoms with E-state index in [1.54, 1.807) is 0 Å². The molecule has 0 N–H and O–H groups in total. The van der Waals surface area contributed by atoms with Crippen LogP contribution < -0.4 is 0 Å². The lowest BCUT2D eigenvalue weighted by atomic mass is 9.74. The minimum Gasteiger partial charge on any atom is -0.306 e. The van der Waals surface area contributed by atoms with E-state index in [4.69, 9.17) is 0 Å². The van der Waals surface area contributed by atoms with Gasteiger partial charge in [-0.3, -0.25) is 0 Å². The van der Waals surface area contributed by atoms with Gasteiger partial charge in [0.2, 0.25) is 0 Å². The molecule has 1 nitrogen and oxygen atoms in total. The van der Waals surface area contributed by atoms with Crippen LogP contribution in [0.2, 0.25) is 0 Å². The third-order valence-corrected chi connectivity index (χ3v) is 5.05. The van der Waals surface area contributed by atoms with E-state index in [-0.39, 0.29) is 0 Å². The Kier molecular flexibility index (Phi) is 2.65. The Balaban J connectivity index is 2.23. The normalized spacial score (nSPS) is 39.8. The van der Waals surface area contributed by atoms with E-state index < -0.39 is 0 Å². The highest BCUT2D eigenvalue weighted by atomic mass is 15.1. The Bertz CT molecular complexity index is 218. The minimum absolute atomic E-state index is 0.569. The lowest BCUT2D eigenvalue weighted by molar-refractivity contribution is 0.190. The topological polar surface area (TPSA) is 3.24 Å². The average molecular weight is 209 g/mol. The zero-order valence-corrected chi connectivity index (χ0v) is 11.1. The Labute approximate surface area is 95.2 Å². The molecule has 0 radical (unpaired) electrons. The van der Waals surface area contributed by atoms with Gasteiger partial charge in [0.1, 0.15) is 0 Å². The van der Waals surface area contributed by atoms with Crippen LogP contribution in [0.3, 0.4) is 0 Å². The van der Waals surface area contributed by atoms with Gasteiger partial charge in [-0.2, -0.15) is 0 Å². The van der Waals surface area contributed by atoms with Crippen molar-refractivity contribution in [2.45, 2.75) is 47.0 Å². The molecular weight excluding hydrogens is 182 g/mol. The number of nitrogens with zero attached hydrogens (tertiary/aromatic N) is 1. The lowest BCUT2D eigenvalue weighted by Crippen LogP contribution is -2.24. The van der Waals surface area contributed by atoms with Gasteiger partial charge in [-0.05, 0) is 62.1 Å². The molecule has 0 spiro atoms.